The third kappa shape index (κ3) is 2.89. The van der Waals surface area contributed by atoms with Crippen molar-refractivity contribution in [2.24, 2.45) is 0 Å². The van der Waals surface area contributed by atoms with Gasteiger partial charge in [-0.3, -0.25) is 4.90 Å². The highest BCUT2D eigenvalue weighted by Crippen LogP contribution is 2.17. The van der Waals surface area contributed by atoms with E-state index in [0.29, 0.717) is 6.01 Å². The van der Waals surface area contributed by atoms with Crippen LogP contribution in [0.15, 0.2) is 28.7 Å². The smallest absolute Gasteiger partial charge is 0.365 e. The molecule has 0 spiro atoms. The second kappa shape index (κ2) is 5.89. The topological polar surface area (TPSA) is 77.7 Å². The molecule has 3 rings (SSSR count). The van der Waals surface area contributed by atoms with E-state index in [-0.39, 0.29) is 0 Å². The highest BCUT2D eigenvalue weighted by molar-refractivity contribution is 5.88. The molecule has 4 N–H and O–H groups in total. The van der Waals surface area contributed by atoms with Gasteiger partial charge in [0.15, 0.2) is 18.9 Å². The van der Waals surface area contributed by atoms with Crippen LogP contribution in [-0.2, 0) is 4.74 Å². The molecule has 0 radical (unpaired) electrons. The van der Waals surface area contributed by atoms with Crippen molar-refractivity contribution in [3.63, 3.8) is 0 Å². The van der Waals surface area contributed by atoms with E-state index >= 15 is 0 Å². The molecular weight excluding hydrogens is 258 g/mol. The second-order valence-electron chi connectivity index (χ2n) is 4.69. The van der Waals surface area contributed by atoms with Crippen LogP contribution in [-0.4, -0.2) is 44.5 Å². The lowest BCUT2D eigenvalue weighted by atomic mass is 10.3. The number of nitrogens with one attached hydrogen (secondary N) is 4. The zero-order chi connectivity index (χ0) is 13.8. The quantitative estimate of drug-likeness (QED) is 0.507. The molecule has 0 bridgehead atoms. The average molecular weight is 277 g/mol. The molecule has 1 aliphatic heterocycles. The standard InChI is InChI=1S/C13H17N5O2/c1-19-7-6-18-8-14-12(15-9-18)17-13-16-10-4-2-3-5-11(10)20-13/h2-5H,6-9H2,1H3,(H2,14,15,16,17)/p+2. The van der Waals surface area contributed by atoms with Crippen LogP contribution in [0.4, 0.5) is 6.01 Å². The van der Waals surface area contributed by atoms with Crippen LogP contribution in [0.2, 0.25) is 0 Å². The van der Waals surface area contributed by atoms with Crippen LogP contribution in [0.3, 0.4) is 0 Å². The normalized spacial score (nSPS) is 18.6. The first-order valence-corrected chi connectivity index (χ1v) is 6.65. The lowest BCUT2D eigenvalue weighted by Gasteiger charge is -2.19. The molecule has 20 heavy (non-hydrogen) atoms. The number of guanidine groups is 1. The lowest BCUT2D eigenvalue weighted by Crippen LogP contribution is -3.24. The number of quaternary nitrogens is 1. The maximum absolute atomic E-state index is 5.61. The average Bonchev–Trinajstić information content (AvgIpc) is 2.89. The summed E-state index contributed by atoms with van der Waals surface area (Å²) in [6, 6.07) is 8.18. The molecule has 0 saturated heterocycles. The van der Waals surface area contributed by atoms with Crippen molar-refractivity contribution in [3.05, 3.63) is 24.3 Å². The Balaban J connectivity index is 1.62. The van der Waals surface area contributed by atoms with E-state index in [4.69, 9.17) is 9.15 Å². The van der Waals surface area contributed by atoms with Gasteiger partial charge in [0.25, 0.3) is 0 Å². The number of benzene rings is 1. The number of oxazole rings is 1. The van der Waals surface area contributed by atoms with Crippen LogP contribution in [0.5, 0.6) is 0 Å². The van der Waals surface area contributed by atoms with Gasteiger partial charge in [-0.05, 0) is 12.1 Å². The first kappa shape index (κ1) is 12.9. The summed E-state index contributed by atoms with van der Waals surface area (Å²) in [5, 5.41) is 6.39. The number of ether oxygens (including phenoxy) is 1. The molecule has 1 unspecified atom stereocenters. The van der Waals surface area contributed by atoms with Crippen molar-refractivity contribution in [2.75, 3.05) is 38.9 Å². The monoisotopic (exact) mass is 277 g/mol. The zero-order valence-corrected chi connectivity index (χ0v) is 11.4. The minimum absolute atomic E-state index is 0.488. The Hall–Kier alpha value is -2.12. The fraction of sp³-hybridized carbons (Fsp3) is 0.385. The van der Waals surface area contributed by atoms with Crippen LogP contribution in [0, 0.1) is 0 Å². The fourth-order valence-corrected chi connectivity index (χ4v) is 2.10. The zero-order valence-electron chi connectivity index (χ0n) is 11.4. The number of aromatic nitrogens is 1. The maximum atomic E-state index is 5.61. The predicted molar refractivity (Wildman–Crippen MR) is 74.2 cm³/mol. The summed E-state index contributed by atoms with van der Waals surface area (Å²) in [5.74, 6) is 0.817. The van der Waals surface area contributed by atoms with Crippen LogP contribution < -0.4 is 20.5 Å². The van der Waals surface area contributed by atoms with Crippen LogP contribution >= 0.6 is 0 Å². The van der Waals surface area contributed by atoms with E-state index in [2.05, 4.69) is 20.6 Å². The predicted octanol–water partition coefficient (Wildman–Crippen LogP) is -2.27. The Kier molecular flexibility index (Phi) is 3.80. The molecule has 1 aromatic carbocycles. The van der Waals surface area contributed by atoms with Gasteiger partial charge in [0.1, 0.15) is 12.1 Å². The molecule has 0 saturated carbocycles. The van der Waals surface area contributed by atoms with E-state index in [9.17, 15) is 0 Å². The molecule has 2 heterocycles. The number of rotatable bonds is 4. The van der Waals surface area contributed by atoms with Gasteiger partial charge in [-0.25, -0.2) is 10.3 Å². The Morgan fingerprint density at radius 2 is 2.40 bits per heavy atom. The third-order valence-corrected chi connectivity index (χ3v) is 3.22. The summed E-state index contributed by atoms with van der Waals surface area (Å²) in [4.78, 5) is 9.03. The summed E-state index contributed by atoms with van der Waals surface area (Å²) in [5.41, 5.74) is 1.62. The number of hydrogen-bond acceptors (Lipinski definition) is 5. The van der Waals surface area contributed by atoms with Gasteiger partial charge in [0.2, 0.25) is 0 Å². The molecule has 0 amide bonds. The van der Waals surface area contributed by atoms with Gasteiger partial charge >= 0.3 is 12.0 Å². The van der Waals surface area contributed by atoms with Gasteiger partial charge in [-0.2, -0.15) is 10.3 Å². The summed E-state index contributed by atoms with van der Waals surface area (Å²) >= 11 is 0. The Morgan fingerprint density at radius 1 is 1.50 bits per heavy atom. The Bertz CT molecular complexity index is 577. The number of para-hydroxylation sites is 2. The summed E-state index contributed by atoms with van der Waals surface area (Å²) < 4.78 is 10.7. The molecule has 2 aromatic rings. The molecular formula is C13H19N5O2+2. The maximum Gasteiger partial charge on any atom is 0.365 e. The largest absolute Gasteiger partial charge is 0.412 e. The highest BCUT2D eigenvalue weighted by Gasteiger charge is 2.21. The van der Waals surface area contributed by atoms with Gasteiger partial charge in [0.05, 0.1) is 6.61 Å². The summed E-state index contributed by atoms with van der Waals surface area (Å²) in [6.07, 6.45) is 0. The summed E-state index contributed by atoms with van der Waals surface area (Å²) in [7, 11) is 1.72. The van der Waals surface area contributed by atoms with Gasteiger partial charge in [0, 0.05) is 7.11 Å². The fourth-order valence-electron chi connectivity index (χ4n) is 2.10. The number of hydrogen-bond donors (Lipinski definition) is 4. The van der Waals surface area contributed by atoms with Crippen LogP contribution in [0.25, 0.3) is 11.1 Å². The van der Waals surface area contributed by atoms with E-state index in [0.717, 1.165) is 43.5 Å². The SMILES string of the molecule is COCC[NH+]1CNC(Nc2nc3ccccc3o2)=[NH+]C1. The highest BCUT2D eigenvalue weighted by atomic mass is 16.5. The molecule has 7 nitrogen and oxygen atoms in total. The van der Waals surface area contributed by atoms with Crippen molar-refractivity contribution < 1.29 is 19.0 Å². The Labute approximate surface area is 116 Å². The molecule has 7 heteroatoms. The molecule has 1 atom stereocenters. The Morgan fingerprint density at radius 3 is 3.15 bits per heavy atom. The molecule has 1 aromatic heterocycles. The van der Waals surface area contributed by atoms with Crippen LogP contribution in [0.1, 0.15) is 0 Å². The second-order valence-corrected chi connectivity index (χ2v) is 4.69. The lowest BCUT2D eigenvalue weighted by molar-refractivity contribution is -0.980. The van der Waals surface area contributed by atoms with Crippen molar-refractivity contribution in [1.82, 2.24) is 10.3 Å². The molecule has 106 valence electrons. The number of methoxy groups -OCH3 is 1. The molecule has 0 aliphatic carbocycles. The van der Waals surface area contributed by atoms with Gasteiger partial charge in [-0.1, -0.05) is 12.1 Å². The van der Waals surface area contributed by atoms with Crippen molar-refractivity contribution >= 4 is 23.1 Å². The van der Waals surface area contributed by atoms with E-state index < -0.39 is 0 Å². The number of fused-ring (bicyclic) bond motifs is 1. The van der Waals surface area contributed by atoms with Gasteiger partial charge < -0.3 is 9.15 Å². The number of anilines is 1. The van der Waals surface area contributed by atoms with Crippen molar-refractivity contribution in [1.29, 1.82) is 0 Å². The minimum Gasteiger partial charge on any atom is -0.412 e. The molecule has 0 fully saturated rings. The van der Waals surface area contributed by atoms with Crippen molar-refractivity contribution in [2.45, 2.75) is 0 Å². The first-order valence-electron chi connectivity index (χ1n) is 6.65. The number of nitrogens with zero attached hydrogens (tertiary/aromatic N) is 1. The first-order chi connectivity index (χ1) is 9.85. The minimum atomic E-state index is 0.488. The van der Waals surface area contributed by atoms with E-state index in [1.54, 1.807) is 7.11 Å². The van der Waals surface area contributed by atoms with E-state index in [1.807, 2.05) is 24.3 Å². The van der Waals surface area contributed by atoms with Crippen molar-refractivity contribution in [3.8, 4) is 0 Å². The molecule has 1 aliphatic rings. The van der Waals surface area contributed by atoms with Gasteiger partial charge in [-0.15, -0.1) is 0 Å². The third-order valence-electron chi connectivity index (χ3n) is 3.22. The summed E-state index contributed by atoms with van der Waals surface area (Å²) in [6.45, 7) is 3.39. The van der Waals surface area contributed by atoms with E-state index in [1.165, 1.54) is 4.90 Å².